The molecule has 2 atom stereocenters. The summed E-state index contributed by atoms with van der Waals surface area (Å²) in [6, 6.07) is 13.8. The number of rotatable bonds is 4. The topological polar surface area (TPSA) is 86.6 Å². The van der Waals surface area contributed by atoms with Gasteiger partial charge in [0.25, 0.3) is 0 Å². The van der Waals surface area contributed by atoms with Gasteiger partial charge in [0.1, 0.15) is 11.3 Å². The molecule has 1 amide bonds. The predicted octanol–water partition coefficient (Wildman–Crippen LogP) is 2.83. The molecule has 112 valence electrons. The third-order valence-corrected chi connectivity index (χ3v) is 3.85. The minimum Gasteiger partial charge on any atom is -0.507 e. The van der Waals surface area contributed by atoms with Crippen LogP contribution in [0.3, 0.4) is 0 Å². The Morgan fingerprint density at radius 1 is 1.09 bits per heavy atom. The van der Waals surface area contributed by atoms with E-state index in [9.17, 15) is 14.7 Å². The first-order chi connectivity index (χ1) is 10.6. The minimum absolute atomic E-state index is 0.0931. The van der Waals surface area contributed by atoms with Crippen molar-refractivity contribution in [2.75, 3.05) is 5.32 Å². The van der Waals surface area contributed by atoms with Crippen molar-refractivity contribution >= 4 is 17.6 Å². The monoisotopic (exact) mass is 297 g/mol. The Balaban J connectivity index is 1.69. The van der Waals surface area contributed by atoms with Gasteiger partial charge in [-0.3, -0.25) is 4.79 Å². The van der Waals surface area contributed by atoms with Gasteiger partial charge >= 0.3 is 5.97 Å². The van der Waals surface area contributed by atoms with E-state index < -0.39 is 5.97 Å². The number of phenols is 1. The largest absolute Gasteiger partial charge is 0.507 e. The summed E-state index contributed by atoms with van der Waals surface area (Å²) in [6.45, 7) is 0. The third-order valence-electron chi connectivity index (χ3n) is 3.85. The van der Waals surface area contributed by atoms with E-state index in [0.717, 1.165) is 12.0 Å². The average molecular weight is 297 g/mol. The molecule has 22 heavy (non-hydrogen) atoms. The van der Waals surface area contributed by atoms with Gasteiger partial charge in [-0.1, -0.05) is 30.3 Å². The van der Waals surface area contributed by atoms with Gasteiger partial charge in [0.15, 0.2) is 0 Å². The summed E-state index contributed by atoms with van der Waals surface area (Å²) in [7, 11) is 0. The van der Waals surface area contributed by atoms with Gasteiger partial charge in [-0.2, -0.15) is 0 Å². The second-order valence-corrected chi connectivity index (χ2v) is 5.39. The molecule has 3 rings (SSSR count). The van der Waals surface area contributed by atoms with E-state index in [4.69, 9.17) is 5.11 Å². The van der Waals surface area contributed by atoms with Gasteiger partial charge < -0.3 is 15.5 Å². The van der Waals surface area contributed by atoms with Crippen LogP contribution in [0.25, 0.3) is 0 Å². The van der Waals surface area contributed by atoms with Crippen LogP contribution in [0.1, 0.15) is 28.3 Å². The van der Waals surface area contributed by atoms with Crippen LogP contribution in [0.4, 0.5) is 5.69 Å². The summed E-state index contributed by atoms with van der Waals surface area (Å²) in [6.07, 6.45) is 0.791. The Morgan fingerprint density at radius 2 is 1.82 bits per heavy atom. The van der Waals surface area contributed by atoms with Crippen molar-refractivity contribution in [3.63, 3.8) is 0 Å². The van der Waals surface area contributed by atoms with Gasteiger partial charge in [-0.15, -0.1) is 0 Å². The molecule has 0 aromatic heterocycles. The number of nitrogens with one attached hydrogen (secondary N) is 1. The van der Waals surface area contributed by atoms with E-state index in [1.54, 1.807) is 0 Å². The van der Waals surface area contributed by atoms with E-state index in [0.29, 0.717) is 5.69 Å². The molecule has 2 aromatic carbocycles. The fourth-order valence-corrected chi connectivity index (χ4v) is 2.57. The Kier molecular flexibility index (Phi) is 3.55. The van der Waals surface area contributed by atoms with Crippen molar-refractivity contribution in [2.45, 2.75) is 12.3 Å². The lowest BCUT2D eigenvalue weighted by Crippen LogP contribution is -2.15. The molecule has 1 aliphatic rings. The molecule has 0 radical (unpaired) electrons. The highest BCUT2D eigenvalue weighted by Gasteiger charge is 2.43. The van der Waals surface area contributed by atoms with Crippen molar-refractivity contribution in [3.8, 4) is 5.75 Å². The molecule has 1 aliphatic carbocycles. The van der Waals surface area contributed by atoms with Gasteiger partial charge in [-0.25, -0.2) is 4.79 Å². The summed E-state index contributed by atoms with van der Waals surface area (Å²) >= 11 is 0. The smallest absolute Gasteiger partial charge is 0.339 e. The first kappa shape index (κ1) is 14.1. The molecule has 0 spiro atoms. The first-order valence-electron chi connectivity index (χ1n) is 6.98. The highest BCUT2D eigenvalue weighted by atomic mass is 16.4. The van der Waals surface area contributed by atoms with Gasteiger partial charge in [0.2, 0.25) is 5.91 Å². The van der Waals surface area contributed by atoms with E-state index in [1.807, 2.05) is 30.3 Å². The van der Waals surface area contributed by atoms with Crippen LogP contribution in [0.15, 0.2) is 48.5 Å². The highest BCUT2D eigenvalue weighted by molar-refractivity contribution is 5.97. The Morgan fingerprint density at radius 3 is 2.50 bits per heavy atom. The zero-order valence-corrected chi connectivity index (χ0v) is 11.7. The summed E-state index contributed by atoms with van der Waals surface area (Å²) in [4.78, 5) is 23.2. The molecule has 0 unspecified atom stereocenters. The lowest BCUT2D eigenvalue weighted by molar-refractivity contribution is -0.117. The highest BCUT2D eigenvalue weighted by Crippen LogP contribution is 2.47. The van der Waals surface area contributed by atoms with Crippen LogP contribution in [0.5, 0.6) is 5.75 Å². The van der Waals surface area contributed by atoms with Crippen molar-refractivity contribution in [1.82, 2.24) is 0 Å². The Bertz CT molecular complexity index is 727. The summed E-state index contributed by atoms with van der Waals surface area (Å²) < 4.78 is 0. The van der Waals surface area contributed by atoms with Crippen LogP contribution in [-0.2, 0) is 4.79 Å². The molecule has 0 saturated heterocycles. The summed E-state index contributed by atoms with van der Waals surface area (Å²) in [5, 5.41) is 21.1. The van der Waals surface area contributed by atoms with Crippen molar-refractivity contribution in [2.24, 2.45) is 5.92 Å². The average Bonchev–Trinajstić information content (AvgIpc) is 3.30. The maximum Gasteiger partial charge on any atom is 0.339 e. The fourth-order valence-electron chi connectivity index (χ4n) is 2.57. The second-order valence-electron chi connectivity index (χ2n) is 5.39. The van der Waals surface area contributed by atoms with Crippen molar-refractivity contribution in [3.05, 3.63) is 59.7 Å². The molecule has 1 fully saturated rings. The number of carbonyl (C=O) groups excluding carboxylic acids is 1. The zero-order valence-electron chi connectivity index (χ0n) is 11.7. The second kappa shape index (κ2) is 5.52. The molecule has 5 nitrogen and oxygen atoms in total. The van der Waals surface area contributed by atoms with Crippen LogP contribution < -0.4 is 5.32 Å². The molecule has 5 heteroatoms. The quantitative estimate of drug-likeness (QED) is 0.757. The lowest BCUT2D eigenvalue weighted by Gasteiger charge is -2.07. The number of anilines is 1. The SMILES string of the molecule is O=C(O)c1cc(NC(=O)[C@H]2C[C@@H]2c2ccccc2)ccc1O. The number of carboxylic acids is 1. The Labute approximate surface area is 127 Å². The minimum atomic E-state index is -1.23. The number of benzene rings is 2. The first-order valence-corrected chi connectivity index (χ1v) is 6.98. The van der Waals surface area contributed by atoms with Crippen LogP contribution in [0, 0.1) is 5.92 Å². The molecular formula is C17H15NO4. The molecular weight excluding hydrogens is 282 g/mol. The molecule has 0 bridgehead atoms. The number of carboxylic acid groups (broad SMARTS) is 1. The standard InChI is InChI=1S/C17H15NO4/c19-15-7-6-11(8-14(15)17(21)22)18-16(20)13-9-12(13)10-4-2-1-3-5-10/h1-8,12-13,19H,9H2,(H,18,20)(H,21,22)/t12-,13+/m1/s1. The molecule has 3 N–H and O–H groups in total. The van der Waals surface area contributed by atoms with Crippen molar-refractivity contribution < 1.29 is 19.8 Å². The van der Waals surface area contributed by atoms with E-state index in [2.05, 4.69) is 5.32 Å². The Hall–Kier alpha value is -2.82. The molecule has 0 aliphatic heterocycles. The van der Waals surface area contributed by atoms with Gasteiger partial charge in [0.05, 0.1) is 0 Å². The van der Waals surface area contributed by atoms with E-state index >= 15 is 0 Å². The zero-order chi connectivity index (χ0) is 15.7. The molecule has 2 aromatic rings. The summed E-state index contributed by atoms with van der Waals surface area (Å²) in [5.41, 5.74) is 1.28. The number of aromatic hydroxyl groups is 1. The van der Waals surface area contributed by atoms with Crippen LogP contribution in [-0.4, -0.2) is 22.1 Å². The number of carbonyl (C=O) groups is 2. The number of hydrogen-bond acceptors (Lipinski definition) is 3. The van der Waals surface area contributed by atoms with Gasteiger partial charge in [0, 0.05) is 11.6 Å². The van der Waals surface area contributed by atoms with Crippen molar-refractivity contribution in [1.29, 1.82) is 0 Å². The number of aromatic carboxylic acids is 1. The number of hydrogen-bond donors (Lipinski definition) is 3. The number of amides is 1. The van der Waals surface area contributed by atoms with Crippen LogP contribution in [0.2, 0.25) is 0 Å². The lowest BCUT2D eigenvalue weighted by atomic mass is 10.1. The van der Waals surface area contributed by atoms with E-state index in [-0.39, 0.29) is 29.1 Å². The van der Waals surface area contributed by atoms with Crippen LogP contribution >= 0.6 is 0 Å². The van der Waals surface area contributed by atoms with Gasteiger partial charge in [-0.05, 0) is 36.1 Å². The summed E-state index contributed by atoms with van der Waals surface area (Å²) in [5.74, 6) is -1.56. The third kappa shape index (κ3) is 2.79. The maximum absolute atomic E-state index is 12.2. The fraction of sp³-hybridized carbons (Fsp3) is 0.176. The maximum atomic E-state index is 12.2. The van der Waals surface area contributed by atoms with E-state index in [1.165, 1.54) is 18.2 Å². The predicted molar refractivity (Wildman–Crippen MR) is 81.0 cm³/mol. The normalized spacial score (nSPS) is 19.5. The molecule has 1 saturated carbocycles. The molecule has 0 heterocycles.